The van der Waals surface area contributed by atoms with Crippen molar-refractivity contribution < 1.29 is 0 Å². The van der Waals surface area contributed by atoms with E-state index in [1.54, 1.807) is 0 Å². The minimum absolute atomic E-state index is 0.474. The Morgan fingerprint density at radius 2 is 2.00 bits per heavy atom. The zero-order valence-corrected chi connectivity index (χ0v) is 13.2. The lowest BCUT2D eigenvalue weighted by Crippen LogP contribution is -2.23. The first-order chi connectivity index (χ1) is 10.2. The Bertz CT molecular complexity index is 611. The summed E-state index contributed by atoms with van der Waals surface area (Å²) in [6, 6.07) is 9.17. The van der Waals surface area contributed by atoms with Crippen LogP contribution < -0.4 is 0 Å². The van der Waals surface area contributed by atoms with Crippen LogP contribution in [0.4, 0.5) is 0 Å². The highest BCUT2D eigenvalue weighted by atomic mass is 15.3. The fourth-order valence-corrected chi connectivity index (χ4v) is 3.12. The van der Waals surface area contributed by atoms with Gasteiger partial charge in [0.2, 0.25) is 0 Å². The molecule has 0 N–H and O–H groups in total. The second-order valence-electron chi connectivity index (χ2n) is 5.87. The van der Waals surface area contributed by atoms with Gasteiger partial charge in [0.1, 0.15) is 5.82 Å². The van der Waals surface area contributed by atoms with Gasteiger partial charge < -0.3 is 0 Å². The molecule has 0 amide bonds. The van der Waals surface area contributed by atoms with Crippen LogP contribution in [-0.2, 0) is 13.5 Å². The van der Waals surface area contributed by atoms with E-state index in [-0.39, 0.29) is 0 Å². The predicted octanol–water partition coefficient (Wildman–Crippen LogP) is 3.20. The van der Waals surface area contributed by atoms with Crippen LogP contribution in [0, 0.1) is 0 Å². The summed E-state index contributed by atoms with van der Waals surface area (Å²) in [4.78, 5) is 7.19. The average Bonchev–Trinajstić information content (AvgIpc) is 3.16. The molecule has 1 fully saturated rings. The minimum Gasteiger partial charge on any atom is -0.297 e. The molecule has 0 radical (unpaired) electrons. The van der Waals surface area contributed by atoms with E-state index in [9.17, 15) is 0 Å². The molecule has 1 saturated heterocycles. The number of nitrogens with zero attached hydrogens (tertiary/aromatic N) is 4. The van der Waals surface area contributed by atoms with Gasteiger partial charge in [-0.3, -0.25) is 9.58 Å². The zero-order chi connectivity index (χ0) is 14.8. The maximum absolute atomic E-state index is 4.63. The molecule has 1 aliphatic heterocycles. The zero-order valence-electron chi connectivity index (χ0n) is 13.2. The molecule has 4 nitrogen and oxygen atoms in total. The Labute approximate surface area is 126 Å². The molecule has 0 bridgehead atoms. The van der Waals surface area contributed by atoms with Crippen LogP contribution in [0.2, 0.25) is 0 Å². The third kappa shape index (κ3) is 2.86. The lowest BCUT2D eigenvalue weighted by molar-refractivity contribution is 0.263. The van der Waals surface area contributed by atoms with Crippen LogP contribution in [0.15, 0.2) is 24.3 Å². The molecule has 0 aliphatic carbocycles. The lowest BCUT2D eigenvalue weighted by atomic mass is 10.0. The largest absolute Gasteiger partial charge is 0.297 e. The van der Waals surface area contributed by atoms with Gasteiger partial charge in [-0.1, -0.05) is 25.1 Å². The van der Waals surface area contributed by atoms with Gasteiger partial charge in [0.05, 0.1) is 0 Å². The number of benzene rings is 1. The van der Waals surface area contributed by atoms with Gasteiger partial charge in [-0.2, -0.15) is 5.10 Å². The third-order valence-corrected chi connectivity index (χ3v) is 4.49. The second kappa shape index (κ2) is 5.98. The molecular formula is C17H24N4. The van der Waals surface area contributed by atoms with Gasteiger partial charge in [0, 0.05) is 25.1 Å². The minimum atomic E-state index is 0.474. The van der Waals surface area contributed by atoms with Crippen molar-refractivity contribution >= 4 is 0 Å². The van der Waals surface area contributed by atoms with Crippen molar-refractivity contribution in [1.82, 2.24) is 19.7 Å². The SMILES string of the molecule is CCc1nc(-c2cccc([C@@H](C)N3CCCC3)c2)nn1C. The van der Waals surface area contributed by atoms with Gasteiger partial charge in [-0.05, 0) is 44.5 Å². The summed E-state index contributed by atoms with van der Waals surface area (Å²) < 4.78 is 1.88. The van der Waals surface area contributed by atoms with E-state index in [0.29, 0.717) is 6.04 Å². The fourth-order valence-electron chi connectivity index (χ4n) is 3.12. The summed E-state index contributed by atoms with van der Waals surface area (Å²) in [6.07, 6.45) is 3.56. The van der Waals surface area contributed by atoms with Crippen molar-refractivity contribution in [2.45, 2.75) is 39.2 Å². The van der Waals surface area contributed by atoms with Crippen molar-refractivity contribution in [3.05, 3.63) is 35.7 Å². The molecule has 1 aliphatic rings. The van der Waals surface area contributed by atoms with Crippen molar-refractivity contribution in [3.63, 3.8) is 0 Å². The van der Waals surface area contributed by atoms with E-state index in [0.717, 1.165) is 23.6 Å². The molecule has 112 valence electrons. The molecule has 3 rings (SSSR count). The molecule has 2 aromatic rings. The van der Waals surface area contributed by atoms with E-state index in [2.05, 4.69) is 53.1 Å². The molecule has 2 heterocycles. The topological polar surface area (TPSA) is 34.0 Å². The molecule has 0 saturated carbocycles. The van der Waals surface area contributed by atoms with Crippen molar-refractivity contribution in [2.75, 3.05) is 13.1 Å². The number of hydrogen-bond donors (Lipinski definition) is 0. The fraction of sp³-hybridized carbons (Fsp3) is 0.529. The second-order valence-corrected chi connectivity index (χ2v) is 5.87. The normalized spacial score (nSPS) is 17.3. The summed E-state index contributed by atoms with van der Waals surface area (Å²) in [5.41, 5.74) is 2.48. The molecule has 1 aromatic heterocycles. The molecule has 0 unspecified atom stereocenters. The van der Waals surface area contributed by atoms with Crippen molar-refractivity contribution in [3.8, 4) is 11.4 Å². The smallest absolute Gasteiger partial charge is 0.181 e. The first-order valence-corrected chi connectivity index (χ1v) is 7.93. The summed E-state index contributed by atoms with van der Waals surface area (Å²) >= 11 is 0. The number of aryl methyl sites for hydroxylation is 2. The van der Waals surface area contributed by atoms with E-state index in [1.807, 2.05) is 11.7 Å². The maximum atomic E-state index is 4.63. The Hall–Kier alpha value is -1.68. The Balaban J connectivity index is 1.88. The highest BCUT2D eigenvalue weighted by Gasteiger charge is 2.20. The monoisotopic (exact) mass is 284 g/mol. The average molecular weight is 284 g/mol. The molecule has 21 heavy (non-hydrogen) atoms. The highest BCUT2D eigenvalue weighted by Crippen LogP contribution is 2.27. The summed E-state index contributed by atoms with van der Waals surface area (Å²) in [7, 11) is 1.96. The molecule has 1 aromatic carbocycles. The van der Waals surface area contributed by atoms with Gasteiger partial charge in [-0.15, -0.1) is 0 Å². The van der Waals surface area contributed by atoms with Crippen LogP contribution in [0.1, 0.15) is 44.1 Å². The predicted molar refractivity (Wildman–Crippen MR) is 85.0 cm³/mol. The molecular weight excluding hydrogens is 260 g/mol. The standard InChI is InChI=1S/C17H24N4/c1-4-16-18-17(19-20(16)3)15-9-7-8-14(12-15)13(2)21-10-5-6-11-21/h7-9,12-13H,4-6,10-11H2,1-3H3/t13-/m1/s1. The van der Waals surface area contributed by atoms with Crippen LogP contribution in [0.5, 0.6) is 0 Å². The van der Waals surface area contributed by atoms with Gasteiger partial charge in [-0.25, -0.2) is 4.98 Å². The van der Waals surface area contributed by atoms with Crippen molar-refractivity contribution in [2.24, 2.45) is 7.05 Å². The maximum Gasteiger partial charge on any atom is 0.181 e. The van der Waals surface area contributed by atoms with Crippen LogP contribution >= 0.6 is 0 Å². The quantitative estimate of drug-likeness (QED) is 0.864. The summed E-state index contributed by atoms with van der Waals surface area (Å²) in [6.45, 7) is 6.84. The molecule has 4 heteroatoms. The van der Waals surface area contributed by atoms with Gasteiger partial charge >= 0.3 is 0 Å². The van der Waals surface area contributed by atoms with E-state index in [1.165, 1.54) is 31.5 Å². The molecule has 0 spiro atoms. The van der Waals surface area contributed by atoms with E-state index < -0.39 is 0 Å². The van der Waals surface area contributed by atoms with Crippen LogP contribution in [0.3, 0.4) is 0 Å². The number of rotatable bonds is 4. The van der Waals surface area contributed by atoms with E-state index in [4.69, 9.17) is 0 Å². The Kier molecular flexibility index (Phi) is 4.06. The Morgan fingerprint density at radius 1 is 1.24 bits per heavy atom. The lowest BCUT2D eigenvalue weighted by Gasteiger charge is -2.24. The van der Waals surface area contributed by atoms with Crippen molar-refractivity contribution in [1.29, 1.82) is 0 Å². The van der Waals surface area contributed by atoms with Gasteiger partial charge in [0.15, 0.2) is 5.82 Å². The number of hydrogen-bond acceptors (Lipinski definition) is 3. The third-order valence-electron chi connectivity index (χ3n) is 4.49. The first kappa shape index (κ1) is 14.3. The van der Waals surface area contributed by atoms with Gasteiger partial charge in [0.25, 0.3) is 0 Å². The number of aromatic nitrogens is 3. The Morgan fingerprint density at radius 3 is 2.67 bits per heavy atom. The molecule has 1 atom stereocenters. The number of likely N-dealkylation sites (tertiary alicyclic amines) is 1. The first-order valence-electron chi connectivity index (χ1n) is 7.93. The summed E-state index contributed by atoms with van der Waals surface area (Å²) in [5.74, 6) is 1.87. The summed E-state index contributed by atoms with van der Waals surface area (Å²) in [5, 5.41) is 4.54. The van der Waals surface area contributed by atoms with E-state index >= 15 is 0 Å². The highest BCUT2D eigenvalue weighted by molar-refractivity contribution is 5.56. The van der Waals surface area contributed by atoms with Crippen LogP contribution in [0.25, 0.3) is 11.4 Å². The van der Waals surface area contributed by atoms with Crippen LogP contribution in [-0.4, -0.2) is 32.8 Å².